The Hall–Kier alpha value is -2.21. The van der Waals surface area contributed by atoms with Crippen LogP contribution in [0.15, 0.2) is 46.9 Å². The number of ether oxygens (including phenoxy) is 1. The highest BCUT2D eigenvalue weighted by atomic mass is 79.9. The minimum Gasteiger partial charge on any atom is -0.450 e. The third kappa shape index (κ3) is 3.66. The van der Waals surface area contributed by atoms with E-state index in [1.807, 2.05) is 0 Å². The fraction of sp³-hybridized carbons (Fsp3) is 0.133. The zero-order chi connectivity index (χ0) is 15.4. The maximum absolute atomic E-state index is 11.5. The van der Waals surface area contributed by atoms with Crippen molar-refractivity contribution in [1.29, 1.82) is 0 Å². The predicted octanol–water partition coefficient (Wildman–Crippen LogP) is 4.74. The zero-order valence-corrected chi connectivity index (χ0v) is 12.8. The molecular weight excluding hydrogens is 338 g/mol. The molecule has 0 unspecified atom stereocenters. The highest BCUT2D eigenvalue weighted by molar-refractivity contribution is 9.10. The predicted molar refractivity (Wildman–Crippen MR) is 81.9 cm³/mol. The van der Waals surface area contributed by atoms with Crippen molar-refractivity contribution >= 4 is 27.4 Å². The molecule has 2 aromatic rings. The van der Waals surface area contributed by atoms with Crippen LogP contribution in [-0.2, 0) is 0 Å². The lowest BCUT2D eigenvalue weighted by atomic mass is 10.1. The Morgan fingerprint density at radius 3 is 2.48 bits per heavy atom. The lowest BCUT2D eigenvalue weighted by Gasteiger charge is -2.07. The van der Waals surface area contributed by atoms with Gasteiger partial charge in [-0.3, -0.25) is 14.9 Å². The molecule has 5 nitrogen and oxygen atoms in total. The van der Waals surface area contributed by atoms with Gasteiger partial charge in [-0.05, 0) is 36.4 Å². The van der Waals surface area contributed by atoms with Gasteiger partial charge in [0, 0.05) is 22.5 Å². The van der Waals surface area contributed by atoms with Gasteiger partial charge in [-0.2, -0.15) is 0 Å². The molecule has 0 amide bonds. The number of benzene rings is 2. The highest BCUT2D eigenvalue weighted by Gasteiger charge is 2.16. The number of hydrogen-bond donors (Lipinski definition) is 0. The van der Waals surface area contributed by atoms with Crippen LogP contribution in [0.2, 0.25) is 0 Å². The second-order valence-electron chi connectivity index (χ2n) is 4.27. The van der Waals surface area contributed by atoms with Crippen LogP contribution in [0.25, 0.3) is 0 Å². The maximum atomic E-state index is 11.5. The quantitative estimate of drug-likeness (QED) is 0.444. The third-order valence-electron chi connectivity index (χ3n) is 2.84. The van der Waals surface area contributed by atoms with Gasteiger partial charge in [0.15, 0.2) is 5.78 Å². The molecule has 0 aliphatic rings. The van der Waals surface area contributed by atoms with Crippen LogP contribution in [0.3, 0.4) is 0 Å². The average molecular weight is 350 g/mol. The van der Waals surface area contributed by atoms with Crippen LogP contribution in [-0.4, -0.2) is 10.7 Å². The molecule has 21 heavy (non-hydrogen) atoms. The van der Waals surface area contributed by atoms with E-state index in [2.05, 4.69) is 15.9 Å². The molecule has 0 radical (unpaired) electrons. The molecule has 0 aliphatic carbocycles. The number of ketones is 1. The summed E-state index contributed by atoms with van der Waals surface area (Å²) in [5.41, 5.74) is 0.466. The van der Waals surface area contributed by atoms with E-state index in [-0.39, 0.29) is 17.2 Å². The Morgan fingerprint density at radius 2 is 1.90 bits per heavy atom. The fourth-order valence-corrected chi connectivity index (χ4v) is 2.11. The molecule has 2 aromatic carbocycles. The number of carbonyl (C=O) groups excluding carboxylic acids is 1. The van der Waals surface area contributed by atoms with Crippen molar-refractivity contribution in [3.63, 3.8) is 0 Å². The first-order valence-corrected chi connectivity index (χ1v) is 7.05. The number of hydrogen-bond acceptors (Lipinski definition) is 4. The topological polar surface area (TPSA) is 69.4 Å². The van der Waals surface area contributed by atoms with Crippen LogP contribution in [0.5, 0.6) is 11.5 Å². The van der Waals surface area contributed by atoms with Gasteiger partial charge in [-0.1, -0.05) is 22.9 Å². The van der Waals surface area contributed by atoms with Crippen molar-refractivity contribution in [1.82, 2.24) is 0 Å². The summed E-state index contributed by atoms with van der Waals surface area (Å²) in [4.78, 5) is 22.0. The summed E-state index contributed by atoms with van der Waals surface area (Å²) in [5, 5.41) is 11.0. The minimum atomic E-state index is -0.505. The Kier molecular flexibility index (Phi) is 4.70. The number of nitro groups is 1. The van der Waals surface area contributed by atoms with Crippen molar-refractivity contribution in [3.8, 4) is 11.5 Å². The number of rotatable bonds is 5. The Bertz CT molecular complexity index is 683. The van der Waals surface area contributed by atoms with E-state index in [9.17, 15) is 14.9 Å². The summed E-state index contributed by atoms with van der Waals surface area (Å²) in [6.07, 6.45) is 0.429. The first-order valence-electron chi connectivity index (χ1n) is 6.26. The normalized spacial score (nSPS) is 10.2. The second-order valence-corrected chi connectivity index (χ2v) is 5.19. The molecule has 0 saturated carbocycles. The summed E-state index contributed by atoms with van der Waals surface area (Å²) in [6, 6.07) is 11.1. The van der Waals surface area contributed by atoms with E-state index in [1.165, 1.54) is 12.1 Å². The first kappa shape index (κ1) is 15.2. The van der Waals surface area contributed by atoms with Crippen LogP contribution >= 0.6 is 15.9 Å². The minimum absolute atomic E-state index is 0.0381. The molecule has 0 N–H and O–H groups in total. The smallest absolute Gasteiger partial charge is 0.312 e. The van der Waals surface area contributed by atoms with E-state index in [0.717, 1.165) is 0 Å². The number of carbonyl (C=O) groups is 1. The molecule has 0 aliphatic heterocycles. The van der Waals surface area contributed by atoms with Crippen molar-refractivity contribution in [2.45, 2.75) is 13.3 Å². The Morgan fingerprint density at radius 1 is 1.24 bits per heavy atom. The Balaban J connectivity index is 2.26. The summed E-state index contributed by atoms with van der Waals surface area (Å²) >= 11 is 3.19. The number of nitro benzene ring substituents is 1. The molecule has 108 valence electrons. The maximum Gasteiger partial charge on any atom is 0.312 e. The summed E-state index contributed by atoms with van der Waals surface area (Å²) in [5.74, 6) is 0.627. The van der Waals surface area contributed by atoms with Gasteiger partial charge >= 0.3 is 5.69 Å². The molecule has 0 fully saturated rings. The summed E-state index contributed by atoms with van der Waals surface area (Å²) < 4.78 is 6.12. The van der Waals surface area contributed by atoms with E-state index in [0.29, 0.717) is 22.2 Å². The van der Waals surface area contributed by atoms with E-state index >= 15 is 0 Å². The van der Waals surface area contributed by atoms with Gasteiger partial charge in [0.1, 0.15) is 5.75 Å². The number of nitrogens with zero attached hydrogens (tertiary/aromatic N) is 1. The number of Topliss-reactive ketones (excluding diaryl/α,β-unsaturated/α-hetero) is 1. The van der Waals surface area contributed by atoms with Gasteiger partial charge in [0.25, 0.3) is 0 Å². The zero-order valence-electron chi connectivity index (χ0n) is 11.2. The number of halogens is 1. The molecule has 0 atom stereocenters. The molecular formula is C15H12BrNO4. The molecule has 0 saturated heterocycles. The lowest BCUT2D eigenvalue weighted by molar-refractivity contribution is -0.385. The van der Waals surface area contributed by atoms with Crippen LogP contribution in [0.1, 0.15) is 23.7 Å². The van der Waals surface area contributed by atoms with E-state index < -0.39 is 4.92 Å². The van der Waals surface area contributed by atoms with Crippen molar-refractivity contribution in [2.24, 2.45) is 0 Å². The van der Waals surface area contributed by atoms with E-state index in [1.54, 1.807) is 37.3 Å². The van der Waals surface area contributed by atoms with E-state index in [4.69, 9.17) is 4.74 Å². The highest BCUT2D eigenvalue weighted by Crippen LogP contribution is 2.33. The van der Waals surface area contributed by atoms with Crippen molar-refractivity contribution < 1.29 is 14.5 Å². The average Bonchev–Trinajstić information content (AvgIpc) is 2.49. The molecule has 0 spiro atoms. The second kappa shape index (κ2) is 6.49. The Labute approximate surface area is 129 Å². The van der Waals surface area contributed by atoms with Gasteiger partial charge in [-0.25, -0.2) is 0 Å². The SMILES string of the molecule is CCC(=O)c1ccc(Oc2ccc(Br)cc2[N+](=O)[O-])cc1. The summed E-state index contributed by atoms with van der Waals surface area (Å²) in [6.45, 7) is 1.79. The molecule has 2 rings (SSSR count). The lowest BCUT2D eigenvalue weighted by Crippen LogP contribution is -1.96. The monoisotopic (exact) mass is 349 g/mol. The molecule has 0 heterocycles. The van der Waals surface area contributed by atoms with Crippen molar-refractivity contribution in [2.75, 3.05) is 0 Å². The van der Waals surface area contributed by atoms with Gasteiger partial charge in [0.05, 0.1) is 4.92 Å². The van der Waals surface area contributed by atoms with Crippen LogP contribution in [0.4, 0.5) is 5.69 Å². The van der Waals surface area contributed by atoms with Gasteiger partial charge in [0.2, 0.25) is 5.75 Å². The van der Waals surface area contributed by atoms with Crippen LogP contribution in [0, 0.1) is 10.1 Å². The molecule has 6 heteroatoms. The standard InChI is InChI=1S/C15H12BrNO4/c1-2-14(18)10-3-6-12(7-4-10)21-15-8-5-11(16)9-13(15)17(19)20/h3-9H,2H2,1H3. The first-order chi connectivity index (χ1) is 10.0. The molecule has 0 bridgehead atoms. The summed E-state index contributed by atoms with van der Waals surface area (Å²) in [7, 11) is 0. The third-order valence-corrected chi connectivity index (χ3v) is 3.34. The largest absolute Gasteiger partial charge is 0.450 e. The van der Waals surface area contributed by atoms with Crippen molar-refractivity contribution in [3.05, 3.63) is 62.6 Å². The molecule has 0 aromatic heterocycles. The fourth-order valence-electron chi connectivity index (χ4n) is 1.76. The van der Waals surface area contributed by atoms with Gasteiger partial charge < -0.3 is 4.74 Å². The van der Waals surface area contributed by atoms with Crippen LogP contribution < -0.4 is 4.74 Å². The van der Waals surface area contributed by atoms with Gasteiger partial charge in [-0.15, -0.1) is 0 Å².